The van der Waals surface area contributed by atoms with E-state index in [1.807, 2.05) is 0 Å². The number of carbonyl (C=O) groups excluding carboxylic acids is 2. The van der Waals surface area contributed by atoms with Gasteiger partial charge in [-0.25, -0.2) is 0 Å². The maximum atomic E-state index is 12.3. The molecule has 9 heteroatoms. The molecule has 0 unspecified atom stereocenters. The van der Waals surface area contributed by atoms with E-state index in [-0.39, 0.29) is 28.8 Å². The Balaban J connectivity index is 1.96. The number of hydrogen-bond acceptors (Lipinski definition) is 3. The second kappa shape index (κ2) is 8.46. The van der Waals surface area contributed by atoms with Gasteiger partial charge in [0.05, 0.1) is 17.3 Å². The Morgan fingerprint density at radius 2 is 1.73 bits per heavy atom. The summed E-state index contributed by atoms with van der Waals surface area (Å²) in [6.45, 7) is -0.233. The third-order valence-electron chi connectivity index (χ3n) is 3.21. The van der Waals surface area contributed by atoms with Crippen molar-refractivity contribution in [3.8, 4) is 0 Å². The van der Waals surface area contributed by atoms with Gasteiger partial charge in [0.1, 0.15) is 0 Å². The summed E-state index contributed by atoms with van der Waals surface area (Å²) in [6.07, 6.45) is 0. The average molecular weight is 403 g/mol. The monoisotopic (exact) mass is 402 g/mol. The van der Waals surface area contributed by atoms with Crippen molar-refractivity contribution in [2.75, 3.05) is 18.9 Å². The molecule has 2 amide bonds. The van der Waals surface area contributed by atoms with Crippen LogP contribution in [-0.4, -0.2) is 35.8 Å². The molecule has 0 atom stereocenters. The lowest BCUT2D eigenvalue weighted by Crippen LogP contribution is -2.34. The van der Waals surface area contributed by atoms with Crippen LogP contribution in [0.5, 0.6) is 0 Å². The Hall–Kier alpha value is -2.19. The maximum absolute atomic E-state index is 12.3. The van der Waals surface area contributed by atoms with Crippen LogP contribution in [0.1, 0.15) is 10.4 Å². The quantitative estimate of drug-likeness (QED) is 0.740. The second-order valence-corrected chi connectivity index (χ2v) is 6.81. The third kappa shape index (κ3) is 5.96. The number of halogens is 4. The van der Waals surface area contributed by atoms with Gasteiger partial charge in [-0.2, -0.15) is 13.2 Å². The lowest BCUT2D eigenvalue weighted by atomic mass is 10.2. The number of benzene rings is 2. The second-order valence-electron chi connectivity index (χ2n) is 5.26. The number of alkyl halides is 3. The van der Waals surface area contributed by atoms with Gasteiger partial charge in [-0.3, -0.25) is 9.59 Å². The summed E-state index contributed by atoms with van der Waals surface area (Å²) in [4.78, 5) is 25.5. The lowest BCUT2D eigenvalue weighted by molar-refractivity contribution is -0.116. The van der Waals surface area contributed by atoms with Crippen LogP contribution in [0.2, 0.25) is 5.02 Å². The van der Waals surface area contributed by atoms with Crippen LogP contribution in [0.25, 0.3) is 0 Å². The number of rotatable bonds is 5. The largest absolute Gasteiger partial charge is 0.446 e. The SMILES string of the molecule is CN(CC(=O)Nc1ccccc1Cl)C(=O)c1ccc(SC(F)(F)F)cc1. The van der Waals surface area contributed by atoms with Crippen molar-refractivity contribution < 1.29 is 22.8 Å². The first-order valence-corrected chi connectivity index (χ1v) is 8.51. The molecule has 2 aromatic carbocycles. The van der Waals surface area contributed by atoms with E-state index in [2.05, 4.69) is 5.32 Å². The molecule has 1 N–H and O–H groups in total. The fraction of sp³-hybridized carbons (Fsp3) is 0.176. The van der Waals surface area contributed by atoms with Gasteiger partial charge in [-0.05, 0) is 48.2 Å². The summed E-state index contributed by atoms with van der Waals surface area (Å²) in [5.74, 6) is -0.930. The Bertz CT molecular complexity index is 797. The number of hydrogen-bond donors (Lipinski definition) is 1. The molecule has 138 valence electrons. The summed E-state index contributed by atoms with van der Waals surface area (Å²) < 4.78 is 36.9. The molecule has 0 saturated carbocycles. The molecule has 0 spiro atoms. The van der Waals surface area contributed by atoms with E-state index >= 15 is 0 Å². The summed E-state index contributed by atoms with van der Waals surface area (Å²) in [7, 11) is 1.42. The van der Waals surface area contributed by atoms with Gasteiger partial charge < -0.3 is 10.2 Å². The van der Waals surface area contributed by atoms with Crippen molar-refractivity contribution >= 4 is 40.9 Å². The maximum Gasteiger partial charge on any atom is 0.446 e. The molecule has 2 rings (SSSR count). The van der Waals surface area contributed by atoms with Gasteiger partial charge in [0, 0.05) is 17.5 Å². The van der Waals surface area contributed by atoms with Gasteiger partial charge in [-0.15, -0.1) is 0 Å². The zero-order chi connectivity index (χ0) is 19.3. The number of thioether (sulfide) groups is 1. The molecular formula is C17H14ClF3N2O2S. The molecule has 2 aromatic rings. The van der Waals surface area contributed by atoms with Gasteiger partial charge in [0.15, 0.2) is 0 Å². The van der Waals surface area contributed by atoms with Crippen molar-refractivity contribution in [1.82, 2.24) is 4.90 Å². The first-order valence-electron chi connectivity index (χ1n) is 7.31. The fourth-order valence-electron chi connectivity index (χ4n) is 2.06. The number of nitrogens with zero attached hydrogens (tertiary/aromatic N) is 1. The van der Waals surface area contributed by atoms with E-state index in [1.54, 1.807) is 24.3 Å². The third-order valence-corrected chi connectivity index (χ3v) is 4.28. The minimum absolute atomic E-state index is 0.0202. The average Bonchev–Trinajstić information content (AvgIpc) is 2.55. The van der Waals surface area contributed by atoms with Crippen molar-refractivity contribution in [2.24, 2.45) is 0 Å². The van der Waals surface area contributed by atoms with E-state index < -0.39 is 17.3 Å². The zero-order valence-corrected chi connectivity index (χ0v) is 15.1. The van der Waals surface area contributed by atoms with Crippen LogP contribution in [-0.2, 0) is 4.79 Å². The topological polar surface area (TPSA) is 49.4 Å². The smallest absolute Gasteiger partial charge is 0.332 e. The molecule has 4 nitrogen and oxygen atoms in total. The minimum Gasteiger partial charge on any atom is -0.332 e. The molecular weight excluding hydrogens is 389 g/mol. The highest BCUT2D eigenvalue weighted by atomic mass is 35.5. The van der Waals surface area contributed by atoms with E-state index in [0.29, 0.717) is 10.7 Å². The molecule has 0 radical (unpaired) electrons. The van der Waals surface area contributed by atoms with Crippen LogP contribution in [0.15, 0.2) is 53.4 Å². The van der Waals surface area contributed by atoms with Crippen LogP contribution in [0.3, 0.4) is 0 Å². The number of anilines is 1. The normalized spacial score (nSPS) is 11.1. The predicted octanol–water partition coefficient (Wildman–Crippen LogP) is 4.66. The Morgan fingerprint density at radius 3 is 2.31 bits per heavy atom. The number of nitrogens with one attached hydrogen (secondary N) is 1. The van der Waals surface area contributed by atoms with Crippen LogP contribution < -0.4 is 5.32 Å². The number of likely N-dealkylation sites (N-methyl/N-ethyl adjacent to an activating group) is 1. The molecule has 0 heterocycles. The van der Waals surface area contributed by atoms with Crippen molar-refractivity contribution in [1.29, 1.82) is 0 Å². The molecule has 0 aromatic heterocycles. The van der Waals surface area contributed by atoms with Gasteiger partial charge in [0.2, 0.25) is 5.91 Å². The number of amides is 2. The fourth-order valence-corrected chi connectivity index (χ4v) is 2.78. The molecule has 0 bridgehead atoms. The zero-order valence-electron chi connectivity index (χ0n) is 13.5. The summed E-state index contributed by atoms with van der Waals surface area (Å²) in [6, 6.07) is 11.7. The van der Waals surface area contributed by atoms with E-state index in [0.717, 1.165) is 4.90 Å². The van der Waals surface area contributed by atoms with Crippen molar-refractivity contribution in [2.45, 2.75) is 10.4 Å². The van der Waals surface area contributed by atoms with Crippen molar-refractivity contribution in [3.05, 3.63) is 59.1 Å². The van der Waals surface area contributed by atoms with Gasteiger partial charge in [-0.1, -0.05) is 23.7 Å². The summed E-state index contributed by atoms with van der Waals surface area (Å²) in [5.41, 5.74) is -3.78. The molecule has 0 fully saturated rings. The Morgan fingerprint density at radius 1 is 1.12 bits per heavy atom. The molecule has 0 saturated heterocycles. The summed E-state index contributed by atoms with van der Waals surface area (Å²) in [5, 5.41) is 2.96. The van der Waals surface area contributed by atoms with Gasteiger partial charge in [0.25, 0.3) is 5.91 Å². The van der Waals surface area contributed by atoms with Crippen LogP contribution in [0.4, 0.5) is 18.9 Å². The highest BCUT2D eigenvalue weighted by Crippen LogP contribution is 2.36. The summed E-state index contributed by atoms with van der Waals surface area (Å²) >= 11 is 5.69. The first-order chi connectivity index (χ1) is 12.2. The standard InChI is InChI=1S/C17H14ClF3N2O2S/c1-23(10-15(24)22-14-5-3-2-4-13(14)18)16(25)11-6-8-12(9-7-11)26-17(19,20)21/h2-9H,10H2,1H3,(H,22,24). The highest BCUT2D eigenvalue weighted by molar-refractivity contribution is 8.00. The number of carbonyl (C=O) groups is 2. The van der Waals surface area contributed by atoms with Crippen molar-refractivity contribution in [3.63, 3.8) is 0 Å². The molecule has 0 aliphatic carbocycles. The van der Waals surface area contributed by atoms with Crippen LogP contribution in [0, 0.1) is 0 Å². The highest BCUT2D eigenvalue weighted by Gasteiger charge is 2.29. The molecule has 0 aliphatic rings. The minimum atomic E-state index is -4.39. The predicted molar refractivity (Wildman–Crippen MR) is 95.4 cm³/mol. The van der Waals surface area contributed by atoms with E-state index in [4.69, 9.17) is 11.6 Å². The Labute approximate surface area is 157 Å². The van der Waals surface area contributed by atoms with E-state index in [1.165, 1.54) is 31.3 Å². The molecule has 26 heavy (non-hydrogen) atoms. The Kier molecular flexibility index (Phi) is 6.55. The first kappa shape index (κ1) is 20.1. The van der Waals surface area contributed by atoms with Gasteiger partial charge >= 0.3 is 5.51 Å². The van der Waals surface area contributed by atoms with Crippen LogP contribution >= 0.6 is 23.4 Å². The lowest BCUT2D eigenvalue weighted by Gasteiger charge is -2.17. The number of para-hydroxylation sites is 1. The van der Waals surface area contributed by atoms with E-state index in [9.17, 15) is 22.8 Å². The molecule has 0 aliphatic heterocycles.